The van der Waals surface area contributed by atoms with Crippen molar-refractivity contribution in [1.29, 1.82) is 0 Å². The number of nitrogens with zero attached hydrogens (tertiary/aromatic N) is 7. The van der Waals surface area contributed by atoms with Gasteiger partial charge in [-0.25, -0.2) is 15.0 Å². The summed E-state index contributed by atoms with van der Waals surface area (Å²) in [6, 6.07) is 3.09. The van der Waals surface area contributed by atoms with Crippen LogP contribution in [0.4, 0.5) is 19.1 Å². The van der Waals surface area contributed by atoms with Gasteiger partial charge < -0.3 is 10.2 Å². The van der Waals surface area contributed by atoms with E-state index in [-0.39, 0.29) is 23.9 Å². The minimum absolute atomic E-state index is 0.112. The van der Waals surface area contributed by atoms with Crippen LogP contribution in [0.5, 0.6) is 0 Å². The number of hydrogen-bond acceptors (Lipinski definition) is 7. The zero-order valence-corrected chi connectivity index (χ0v) is 16.1. The van der Waals surface area contributed by atoms with Crippen LogP contribution in [0.15, 0.2) is 43.1 Å². The van der Waals surface area contributed by atoms with Gasteiger partial charge in [0.2, 0.25) is 5.95 Å². The van der Waals surface area contributed by atoms with Crippen LogP contribution in [-0.4, -0.2) is 59.4 Å². The zero-order valence-electron chi connectivity index (χ0n) is 16.1. The number of halogens is 3. The van der Waals surface area contributed by atoms with Gasteiger partial charge in [0.1, 0.15) is 0 Å². The van der Waals surface area contributed by atoms with Crippen LogP contribution < -0.4 is 5.32 Å². The molecule has 3 aromatic heterocycles. The number of anilines is 1. The first kappa shape index (κ1) is 19.4. The number of hydrogen-bond donors (Lipinski definition) is 1. The summed E-state index contributed by atoms with van der Waals surface area (Å²) in [5, 5.41) is 11.2. The summed E-state index contributed by atoms with van der Waals surface area (Å²) in [6.45, 7) is 0.608. The van der Waals surface area contributed by atoms with Gasteiger partial charge in [-0.15, -0.1) is 4.80 Å². The number of likely N-dealkylation sites (tertiary alicyclic amines) is 1. The van der Waals surface area contributed by atoms with E-state index in [1.807, 2.05) is 0 Å². The lowest BCUT2D eigenvalue weighted by atomic mass is 10.0. The van der Waals surface area contributed by atoms with Crippen molar-refractivity contribution in [2.75, 3.05) is 11.9 Å². The van der Waals surface area contributed by atoms with Crippen molar-refractivity contribution in [2.24, 2.45) is 5.92 Å². The lowest BCUT2D eigenvalue weighted by Crippen LogP contribution is -2.48. The molecule has 0 radical (unpaired) electrons. The van der Waals surface area contributed by atoms with Gasteiger partial charge in [0.25, 0.3) is 5.91 Å². The Kier molecular flexibility index (Phi) is 4.56. The summed E-state index contributed by atoms with van der Waals surface area (Å²) in [5.74, 6) is 0.563. The maximum absolute atomic E-state index is 13.3. The molecule has 160 valence electrons. The van der Waals surface area contributed by atoms with Gasteiger partial charge in [-0.2, -0.15) is 23.4 Å². The first-order valence-corrected chi connectivity index (χ1v) is 9.68. The largest absolute Gasteiger partial charge is 0.419 e. The van der Waals surface area contributed by atoms with Crippen molar-refractivity contribution >= 4 is 11.9 Å². The van der Waals surface area contributed by atoms with Crippen LogP contribution >= 0.6 is 0 Å². The van der Waals surface area contributed by atoms with Crippen LogP contribution in [0.1, 0.15) is 28.8 Å². The van der Waals surface area contributed by atoms with E-state index in [9.17, 15) is 18.0 Å². The first-order chi connectivity index (χ1) is 14.9. The Labute approximate surface area is 174 Å². The molecule has 31 heavy (non-hydrogen) atoms. The molecule has 1 amide bonds. The van der Waals surface area contributed by atoms with Crippen LogP contribution in [0.2, 0.25) is 0 Å². The number of carbonyl (C=O) groups excluding carboxylic acids is 1. The van der Waals surface area contributed by atoms with Gasteiger partial charge in [-0.1, -0.05) is 0 Å². The molecule has 4 heterocycles. The molecule has 1 saturated heterocycles. The summed E-state index contributed by atoms with van der Waals surface area (Å²) < 4.78 is 38.2. The number of alkyl halides is 3. The summed E-state index contributed by atoms with van der Waals surface area (Å²) >= 11 is 0. The fourth-order valence-corrected chi connectivity index (χ4v) is 4.33. The molecule has 3 aromatic rings. The molecule has 2 aliphatic rings. The number of pyridine rings is 1. The standard InChI is InChI=1S/C19H17F3N8O/c20-19(21,22)12-8-24-18(25-9-12)28-14-6-11-7-15(14)29(10-11)17(31)13-2-1-3-23-16(13)30-26-4-5-27-30/h1-5,8-9,11,14-15H,6-7,10H2,(H,24,25,28)/t11-,14+,15-/m0/s1. The van der Waals surface area contributed by atoms with Crippen LogP contribution in [0, 0.1) is 5.92 Å². The smallest absolute Gasteiger partial charge is 0.349 e. The third-order valence-corrected chi connectivity index (χ3v) is 5.66. The normalized spacial score (nSPS) is 22.7. The van der Waals surface area contributed by atoms with Gasteiger partial charge in [-0.05, 0) is 30.9 Å². The molecule has 12 heteroatoms. The molecule has 1 aliphatic heterocycles. The fraction of sp³-hybridized carbons (Fsp3) is 0.368. The molecule has 0 aromatic carbocycles. The lowest BCUT2D eigenvalue weighted by molar-refractivity contribution is -0.138. The molecular weight excluding hydrogens is 413 g/mol. The highest BCUT2D eigenvalue weighted by Gasteiger charge is 2.47. The quantitative estimate of drug-likeness (QED) is 0.677. The maximum Gasteiger partial charge on any atom is 0.419 e. The second-order valence-corrected chi connectivity index (χ2v) is 7.60. The minimum Gasteiger partial charge on any atom is -0.349 e. The summed E-state index contributed by atoms with van der Waals surface area (Å²) in [5.41, 5.74) is -0.519. The number of rotatable bonds is 4. The Morgan fingerprint density at radius 1 is 1.06 bits per heavy atom. The van der Waals surface area contributed by atoms with E-state index in [2.05, 4.69) is 30.5 Å². The average molecular weight is 430 g/mol. The second kappa shape index (κ2) is 7.29. The van der Waals surface area contributed by atoms with Crippen molar-refractivity contribution in [3.63, 3.8) is 0 Å². The highest BCUT2D eigenvalue weighted by Crippen LogP contribution is 2.40. The molecule has 0 unspecified atom stereocenters. The van der Waals surface area contributed by atoms with E-state index in [1.54, 1.807) is 23.2 Å². The van der Waals surface area contributed by atoms with Crippen molar-refractivity contribution in [3.05, 3.63) is 54.2 Å². The molecule has 3 atom stereocenters. The van der Waals surface area contributed by atoms with E-state index >= 15 is 0 Å². The summed E-state index contributed by atoms with van der Waals surface area (Å²) in [4.78, 5) is 28.3. The molecule has 0 spiro atoms. The second-order valence-electron chi connectivity index (χ2n) is 7.60. The van der Waals surface area contributed by atoms with E-state index in [0.717, 1.165) is 25.2 Å². The topological polar surface area (TPSA) is 102 Å². The number of carbonyl (C=O) groups is 1. The van der Waals surface area contributed by atoms with Gasteiger partial charge >= 0.3 is 6.18 Å². The first-order valence-electron chi connectivity index (χ1n) is 9.68. The molecule has 1 N–H and O–H groups in total. The Morgan fingerprint density at radius 3 is 2.48 bits per heavy atom. The van der Waals surface area contributed by atoms with E-state index < -0.39 is 11.7 Å². The van der Waals surface area contributed by atoms with E-state index in [0.29, 0.717) is 23.8 Å². The number of piperidine rings is 1. The SMILES string of the molecule is O=C(c1cccnc1-n1nccn1)N1C[C@H]2C[C@@H](Nc3ncc(C(F)(F)F)cn3)[C@@H]1C2. The third-order valence-electron chi connectivity index (χ3n) is 5.66. The average Bonchev–Trinajstić information content (AvgIpc) is 3.50. The van der Waals surface area contributed by atoms with Crippen LogP contribution in [-0.2, 0) is 6.18 Å². The van der Waals surface area contributed by atoms with Crippen molar-refractivity contribution in [2.45, 2.75) is 31.1 Å². The zero-order chi connectivity index (χ0) is 21.6. The molecule has 1 saturated carbocycles. The van der Waals surface area contributed by atoms with Gasteiger partial charge in [0, 0.05) is 31.2 Å². The molecule has 2 bridgehead atoms. The van der Waals surface area contributed by atoms with Crippen LogP contribution in [0.3, 0.4) is 0 Å². The van der Waals surface area contributed by atoms with E-state index in [4.69, 9.17) is 0 Å². The lowest BCUT2D eigenvalue weighted by Gasteiger charge is -2.34. The van der Waals surface area contributed by atoms with Gasteiger partial charge in [0.05, 0.1) is 29.6 Å². The minimum atomic E-state index is -4.49. The number of aromatic nitrogens is 6. The highest BCUT2D eigenvalue weighted by molar-refractivity contribution is 5.97. The third kappa shape index (κ3) is 3.57. The fourth-order valence-electron chi connectivity index (χ4n) is 4.33. The Hall–Kier alpha value is -3.57. The van der Waals surface area contributed by atoms with Crippen molar-refractivity contribution in [3.8, 4) is 5.82 Å². The number of fused-ring (bicyclic) bond motifs is 2. The van der Waals surface area contributed by atoms with Crippen molar-refractivity contribution in [1.82, 2.24) is 34.8 Å². The molecule has 9 nitrogen and oxygen atoms in total. The molecule has 5 rings (SSSR count). The Morgan fingerprint density at radius 2 is 1.81 bits per heavy atom. The van der Waals surface area contributed by atoms with Crippen LogP contribution in [0.25, 0.3) is 5.82 Å². The predicted molar refractivity (Wildman–Crippen MR) is 101 cm³/mol. The summed E-state index contributed by atoms with van der Waals surface area (Å²) in [7, 11) is 0. The Balaban J connectivity index is 1.35. The van der Waals surface area contributed by atoms with Gasteiger partial charge in [0.15, 0.2) is 5.82 Å². The van der Waals surface area contributed by atoms with Crippen molar-refractivity contribution < 1.29 is 18.0 Å². The maximum atomic E-state index is 13.3. The monoisotopic (exact) mass is 430 g/mol. The number of amides is 1. The van der Waals surface area contributed by atoms with Gasteiger partial charge in [-0.3, -0.25) is 4.79 Å². The summed E-state index contributed by atoms with van der Waals surface area (Å²) in [6.07, 6.45) is 3.19. The molecular formula is C19H17F3N8O. The Bertz CT molecular complexity index is 1090. The predicted octanol–water partition coefficient (Wildman–Crippen LogP) is 2.19. The molecule has 1 aliphatic carbocycles. The number of nitrogens with one attached hydrogen (secondary N) is 1. The van der Waals surface area contributed by atoms with E-state index in [1.165, 1.54) is 17.2 Å². The molecule has 2 fully saturated rings. The highest BCUT2D eigenvalue weighted by atomic mass is 19.4.